The van der Waals surface area contributed by atoms with E-state index in [0.717, 1.165) is 0 Å². The molecule has 0 bridgehead atoms. The molecule has 0 unspecified atom stereocenters. The zero-order chi connectivity index (χ0) is 17.7. The van der Waals surface area contributed by atoms with Gasteiger partial charge in [0.1, 0.15) is 0 Å². The van der Waals surface area contributed by atoms with Gasteiger partial charge in [0.05, 0.1) is 10.5 Å². The zero-order valence-corrected chi connectivity index (χ0v) is 14.5. The maximum atomic E-state index is 11.8. The monoisotopic (exact) mass is 342 g/mol. The Morgan fingerprint density at radius 2 is 1.70 bits per heavy atom. The summed E-state index contributed by atoms with van der Waals surface area (Å²) in [4.78, 5) is 23.5. The molecular weight excluding hydrogens is 320 g/mol. The summed E-state index contributed by atoms with van der Waals surface area (Å²) in [5.74, 6) is -1.10. The minimum atomic E-state index is -3.57. The Labute approximate surface area is 136 Å². The van der Waals surface area contributed by atoms with Crippen molar-refractivity contribution in [1.82, 2.24) is 10.0 Å². The van der Waals surface area contributed by atoms with Crippen molar-refractivity contribution < 1.29 is 22.7 Å². The largest absolute Gasteiger partial charge is 0.452 e. The van der Waals surface area contributed by atoms with Crippen LogP contribution in [-0.2, 0) is 19.6 Å². The molecule has 0 radical (unpaired) electrons. The van der Waals surface area contributed by atoms with Crippen LogP contribution in [0.4, 0.5) is 0 Å². The fourth-order valence-corrected chi connectivity index (χ4v) is 2.75. The summed E-state index contributed by atoms with van der Waals surface area (Å²) in [5.41, 5.74) is -0.241. The third-order valence-electron chi connectivity index (χ3n) is 2.58. The average Bonchev–Trinajstić information content (AvgIpc) is 2.43. The van der Waals surface area contributed by atoms with Crippen LogP contribution < -0.4 is 10.0 Å². The van der Waals surface area contributed by atoms with Crippen LogP contribution in [0.3, 0.4) is 0 Å². The van der Waals surface area contributed by atoms with Crippen molar-refractivity contribution in [3.63, 3.8) is 0 Å². The summed E-state index contributed by atoms with van der Waals surface area (Å²) in [6.07, 6.45) is 0. The molecule has 1 aromatic carbocycles. The molecule has 7 nitrogen and oxygen atoms in total. The van der Waals surface area contributed by atoms with E-state index in [1.165, 1.54) is 24.3 Å². The SMILES string of the molecule is CCNS(=O)(=O)c1ccc(C(=O)OCC(=O)NC(C)(C)C)cc1. The average molecular weight is 342 g/mol. The van der Waals surface area contributed by atoms with Crippen LogP contribution in [0.15, 0.2) is 29.2 Å². The number of hydrogen-bond donors (Lipinski definition) is 2. The van der Waals surface area contributed by atoms with E-state index in [4.69, 9.17) is 4.74 Å². The first-order valence-electron chi connectivity index (χ1n) is 7.13. The van der Waals surface area contributed by atoms with Gasteiger partial charge in [0, 0.05) is 12.1 Å². The Kier molecular flexibility index (Phi) is 6.28. The fourth-order valence-electron chi connectivity index (χ4n) is 1.71. The van der Waals surface area contributed by atoms with Crippen LogP contribution in [-0.4, -0.2) is 39.0 Å². The maximum absolute atomic E-state index is 11.8. The normalized spacial score (nSPS) is 11.8. The molecule has 0 fully saturated rings. The van der Waals surface area contributed by atoms with Gasteiger partial charge in [0.15, 0.2) is 6.61 Å². The first-order chi connectivity index (χ1) is 10.5. The highest BCUT2D eigenvalue weighted by molar-refractivity contribution is 7.89. The molecule has 128 valence electrons. The van der Waals surface area contributed by atoms with Gasteiger partial charge in [-0.2, -0.15) is 0 Å². The number of carbonyl (C=O) groups is 2. The molecule has 0 aliphatic rings. The Morgan fingerprint density at radius 3 is 2.17 bits per heavy atom. The third kappa shape index (κ3) is 6.37. The van der Waals surface area contributed by atoms with Crippen LogP contribution in [0.1, 0.15) is 38.1 Å². The molecule has 8 heteroatoms. The standard InChI is InChI=1S/C15H22N2O5S/c1-5-16-23(20,21)12-8-6-11(7-9-12)14(19)22-10-13(18)17-15(2,3)4/h6-9,16H,5,10H2,1-4H3,(H,17,18). The van der Waals surface area contributed by atoms with Crippen LogP contribution in [0, 0.1) is 0 Å². The number of nitrogens with one attached hydrogen (secondary N) is 2. The number of amides is 1. The van der Waals surface area contributed by atoms with Gasteiger partial charge in [-0.15, -0.1) is 0 Å². The van der Waals surface area contributed by atoms with Crippen molar-refractivity contribution in [1.29, 1.82) is 0 Å². The van der Waals surface area contributed by atoms with Crippen LogP contribution >= 0.6 is 0 Å². The predicted octanol–water partition coefficient (Wildman–Crippen LogP) is 1.06. The van der Waals surface area contributed by atoms with E-state index >= 15 is 0 Å². The van der Waals surface area contributed by atoms with Gasteiger partial charge in [0.2, 0.25) is 10.0 Å². The lowest BCUT2D eigenvalue weighted by atomic mass is 10.1. The molecule has 1 aromatic rings. The number of hydrogen-bond acceptors (Lipinski definition) is 5. The molecule has 2 N–H and O–H groups in total. The highest BCUT2D eigenvalue weighted by Gasteiger charge is 2.17. The van der Waals surface area contributed by atoms with Crippen LogP contribution in [0.5, 0.6) is 0 Å². The second-order valence-electron chi connectivity index (χ2n) is 5.90. The maximum Gasteiger partial charge on any atom is 0.338 e. The summed E-state index contributed by atoms with van der Waals surface area (Å²) in [6.45, 7) is 7.00. The summed E-state index contributed by atoms with van der Waals surface area (Å²) < 4.78 is 30.8. The Morgan fingerprint density at radius 1 is 1.13 bits per heavy atom. The smallest absolute Gasteiger partial charge is 0.338 e. The molecule has 0 aliphatic heterocycles. The topological polar surface area (TPSA) is 102 Å². The van der Waals surface area contributed by atoms with E-state index in [1.807, 2.05) is 20.8 Å². The van der Waals surface area contributed by atoms with Gasteiger partial charge >= 0.3 is 5.97 Å². The lowest BCUT2D eigenvalue weighted by Crippen LogP contribution is -2.42. The minimum absolute atomic E-state index is 0.0568. The summed E-state index contributed by atoms with van der Waals surface area (Å²) in [6, 6.07) is 5.30. The fraction of sp³-hybridized carbons (Fsp3) is 0.467. The lowest BCUT2D eigenvalue weighted by Gasteiger charge is -2.20. The highest BCUT2D eigenvalue weighted by Crippen LogP contribution is 2.11. The van der Waals surface area contributed by atoms with Gasteiger partial charge in [-0.25, -0.2) is 17.9 Å². The number of sulfonamides is 1. The van der Waals surface area contributed by atoms with Crippen molar-refractivity contribution in [2.45, 2.75) is 38.1 Å². The molecule has 0 heterocycles. The van der Waals surface area contributed by atoms with E-state index in [1.54, 1.807) is 6.92 Å². The molecule has 0 aliphatic carbocycles. The Bertz CT molecular complexity index is 660. The predicted molar refractivity (Wildman–Crippen MR) is 85.5 cm³/mol. The summed E-state index contributed by atoms with van der Waals surface area (Å²) in [5, 5.41) is 2.67. The number of benzene rings is 1. The van der Waals surface area contributed by atoms with Crippen molar-refractivity contribution in [3.05, 3.63) is 29.8 Å². The van der Waals surface area contributed by atoms with Gasteiger partial charge in [-0.1, -0.05) is 6.92 Å². The van der Waals surface area contributed by atoms with Gasteiger partial charge in [-0.3, -0.25) is 4.79 Å². The van der Waals surface area contributed by atoms with Crippen molar-refractivity contribution >= 4 is 21.9 Å². The van der Waals surface area contributed by atoms with Crippen molar-refractivity contribution in [2.75, 3.05) is 13.2 Å². The zero-order valence-electron chi connectivity index (χ0n) is 13.7. The quantitative estimate of drug-likeness (QED) is 0.753. The molecule has 1 rings (SSSR count). The third-order valence-corrected chi connectivity index (χ3v) is 4.14. The second-order valence-corrected chi connectivity index (χ2v) is 7.67. The minimum Gasteiger partial charge on any atom is -0.452 e. The van der Waals surface area contributed by atoms with E-state index < -0.39 is 34.0 Å². The molecule has 0 saturated carbocycles. The lowest BCUT2D eigenvalue weighted by molar-refractivity contribution is -0.125. The van der Waals surface area contributed by atoms with Gasteiger partial charge < -0.3 is 10.1 Å². The molecule has 0 aromatic heterocycles. The molecule has 1 amide bonds. The van der Waals surface area contributed by atoms with Gasteiger partial charge in [-0.05, 0) is 45.0 Å². The number of carbonyl (C=O) groups excluding carboxylic acids is 2. The van der Waals surface area contributed by atoms with Crippen LogP contribution in [0.2, 0.25) is 0 Å². The summed E-state index contributed by atoms with van der Waals surface area (Å²) >= 11 is 0. The van der Waals surface area contributed by atoms with Gasteiger partial charge in [0.25, 0.3) is 5.91 Å². The molecular formula is C15H22N2O5S. The number of rotatable bonds is 6. The number of ether oxygens (including phenoxy) is 1. The molecule has 0 spiro atoms. The highest BCUT2D eigenvalue weighted by atomic mass is 32.2. The molecule has 0 saturated heterocycles. The van der Waals surface area contributed by atoms with E-state index in [0.29, 0.717) is 0 Å². The van der Waals surface area contributed by atoms with E-state index in [2.05, 4.69) is 10.0 Å². The number of esters is 1. The second kappa shape index (κ2) is 7.56. The van der Waals surface area contributed by atoms with E-state index in [9.17, 15) is 18.0 Å². The first-order valence-corrected chi connectivity index (χ1v) is 8.61. The molecule has 23 heavy (non-hydrogen) atoms. The van der Waals surface area contributed by atoms with Crippen molar-refractivity contribution in [3.8, 4) is 0 Å². The van der Waals surface area contributed by atoms with E-state index in [-0.39, 0.29) is 17.0 Å². The van der Waals surface area contributed by atoms with Crippen molar-refractivity contribution in [2.24, 2.45) is 0 Å². The van der Waals surface area contributed by atoms with Crippen LogP contribution in [0.25, 0.3) is 0 Å². The Hall–Kier alpha value is -1.93. The summed E-state index contributed by atoms with van der Waals surface area (Å²) in [7, 11) is -3.57. The Balaban J connectivity index is 2.67. The molecule has 0 atom stereocenters. The first kappa shape index (κ1) is 19.1.